The highest BCUT2D eigenvalue weighted by atomic mass is 19.1. The van der Waals surface area contributed by atoms with Gasteiger partial charge >= 0.3 is 5.97 Å². The summed E-state index contributed by atoms with van der Waals surface area (Å²) in [6, 6.07) is 4.67. The van der Waals surface area contributed by atoms with Crippen LogP contribution in [-0.2, 0) is 4.79 Å². The minimum absolute atomic E-state index is 0.0155. The molecule has 4 heteroatoms. The first-order valence-corrected chi connectivity index (χ1v) is 6.38. The van der Waals surface area contributed by atoms with E-state index in [2.05, 4.69) is 18.7 Å². The van der Waals surface area contributed by atoms with Gasteiger partial charge in [0, 0.05) is 23.8 Å². The Labute approximate surface area is 112 Å². The third kappa shape index (κ3) is 3.13. The van der Waals surface area contributed by atoms with Gasteiger partial charge in [-0.15, -0.1) is 0 Å². The van der Waals surface area contributed by atoms with Crippen LogP contribution in [0.2, 0.25) is 0 Å². The molecule has 1 heterocycles. The summed E-state index contributed by atoms with van der Waals surface area (Å²) in [5, 5.41) is 8.62. The Morgan fingerprint density at radius 2 is 2.16 bits per heavy atom. The molecule has 0 unspecified atom stereocenters. The molecular formula is C15H18FNO2. The zero-order chi connectivity index (χ0) is 14.0. The van der Waals surface area contributed by atoms with E-state index in [0.717, 1.165) is 31.1 Å². The lowest BCUT2D eigenvalue weighted by Gasteiger charge is -2.34. The minimum Gasteiger partial charge on any atom is -0.478 e. The van der Waals surface area contributed by atoms with Gasteiger partial charge in [0.25, 0.3) is 0 Å². The van der Waals surface area contributed by atoms with E-state index in [-0.39, 0.29) is 11.4 Å². The fourth-order valence-corrected chi connectivity index (χ4v) is 2.60. The van der Waals surface area contributed by atoms with Crippen LogP contribution in [0, 0.1) is 5.82 Å². The van der Waals surface area contributed by atoms with Crippen molar-refractivity contribution in [3.05, 3.63) is 35.7 Å². The van der Waals surface area contributed by atoms with Crippen LogP contribution >= 0.6 is 0 Å². The summed E-state index contributed by atoms with van der Waals surface area (Å²) in [4.78, 5) is 12.7. The van der Waals surface area contributed by atoms with Gasteiger partial charge in [0.05, 0.1) is 0 Å². The van der Waals surface area contributed by atoms with Crippen LogP contribution in [0.1, 0.15) is 32.3 Å². The quantitative estimate of drug-likeness (QED) is 0.851. The van der Waals surface area contributed by atoms with E-state index in [9.17, 15) is 9.18 Å². The molecule has 1 aromatic carbocycles. The number of aliphatic carboxylic acids is 1. The highest BCUT2D eigenvalue weighted by Crippen LogP contribution is 2.34. The Morgan fingerprint density at radius 1 is 1.42 bits per heavy atom. The average Bonchev–Trinajstić information content (AvgIpc) is 2.65. The Balaban J connectivity index is 2.34. The van der Waals surface area contributed by atoms with Gasteiger partial charge in [-0.1, -0.05) is 0 Å². The number of halogens is 1. The third-order valence-electron chi connectivity index (χ3n) is 3.54. The second kappa shape index (κ2) is 5.03. The number of carbonyl (C=O) groups is 1. The van der Waals surface area contributed by atoms with Crippen LogP contribution in [0.5, 0.6) is 0 Å². The number of nitrogens with zero attached hydrogens (tertiary/aromatic N) is 1. The van der Waals surface area contributed by atoms with Crippen molar-refractivity contribution in [1.82, 2.24) is 0 Å². The van der Waals surface area contributed by atoms with Crippen LogP contribution in [0.3, 0.4) is 0 Å². The average molecular weight is 263 g/mol. The van der Waals surface area contributed by atoms with Crippen LogP contribution in [0.4, 0.5) is 10.1 Å². The molecule has 0 bridgehead atoms. The standard InChI is InChI=1S/C15H18FNO2/c1-15(2)6-3-7-17(15)13-9-11(4-5-14(18)19)8-12(16)10-13/h4-5,8-10H,3,6-7H2,1-2H3,(H,18,19)/b5-4+. The van der Waals surface area contributed by atoms with Gasteiger partial charge in [0.1, 0.15) is 5.82 Å². The maximum Gasteiger partial charge on any atom is 0.328 e. The smallest absolute Gasteiger partial charge is 0.328 e. The van der Waals surface area contributed by atoms with Crippen molar-refractivity contribution >= 4 is 17.7 Å². The monoisotopic (exact) mass is 263 g/mol. The molecule has 1 fully saturated rings. The summed E-state index contributed by atoms with van der Waals surface area (Å²) >= 11 is 0. The van der Waals surface area contributed by atoms with Crippen LogP contribution in [-0.4, -0.2) is 23.2 Å². The van der Waals surface area contributed by atoms with Gasteiger partial charge in [0.15, 0.2) is 0 Å². The summed E-state index contributed by atoms with van der Waals surface area (Å²) in [5.41, 5.74) is 1.40. The lowest BCUT2D eigenvalue weighted by molar-refractivity contribution is -0.131. The van der Waals surface area contributed by atoms with Crippen molar-refractivity contribution in [3.8, 4) is 0 Å². The minimum atomic E-state index is -1.03. The largest absolute Gasteiger partial charge is 0.478 e. The number of hydrogen-bond donors (Lipinski definition) is 1. The SMILES string of the molecule is CC1(C)CCCN1c1cc(F)cc(/C=C/C(=O)O)c1. The van der Waals surface area contributed by atoms with Crippen LogP contribution in [0.15, 0.2) is 24.3 Å². The highest BCUT2D eigenvalue weighted by molar-refractivity contribution is 5.85. The molecule has 0 radical (unpaired) electrons. The molecule has 0 atom stereocenters. The number of benzene rings is 1. The number of hydrogen-bond acceptors (Lipinski definition) is 2. The molecule has 0 aliphatic carbocycles. The van der Waals surface area contributed by atoms with E-state index < -0.39 is 5.97 Å². The second-order valence-corrected chi connectivity index (χ2v) is 5.48. The lowest BCUT2D eigenvalue weighted by atomic mass is 10.0. The normalized spacial score (nSPS) is 18.2. The van der Waals surface area contributed by atoms with E-state index >= 15 is 0 Å². The Morgan fingerprint density at radius 3 is 2.74 bits per heavy atom. The summed E-state index contributed by atoms with van der Waals surface area (Å²) < 4.78 is 13.6. The summed E-state index contributed by atoms with van der Waals surface area (Å²) in [6.07, 6.45) is 4.60. The summed E-state index contributed by atoms with van der Waals surface area (Å²) in [7, 11) is 0. The molecule has 1 saturated heterocycles. The van der Waals surface area contributed by atoms with Crippen LogP contribution < -0.4 is 4.90 Å². The van der Waals surface area contributed by atoms with E-state index in [1.165, 1.54) is 18.2 Å². The number of rotatable bonds is 3. The van der Waals surface area contributed by atoms with E-state index in [0.29, 0.717) is 5.56 Å². The van der Waals surface area contributed by atoms with Crippen molar-refractivity contribution in [1.29, 1.82) is 0 Å². The van der Waals surface area contributed by atoms with Crippen molar-refractivity contribution in [2.24, 2.45) is 0 Å². The predicted molar refractivity (Wildman–Crippen MR) is 73.7 cm³/mol. The number of carboxylic acids is 1. The molecule has 1 aromatic rings. The van der Waals surface area contributed by atoms with Crippen molar-refractivity contribution in [2.75, 3.05) is 11.4 Å². The van der Waals surface area contributed by atoms with Crippen molar-refractivity contribution < 1.29 is 14.3 Å². The molecule has 102 valence electrons. The highest BCUT2D eigenvalue weighted by Gasteiger charge is 2.32. The molecule has 0 saturated carbocycles. The number of anilines is 1. The summed E-state index contributed by atoms with van der Waals surface area (Å²) in [5.74, 6) is -1.38. The molecule has 1 aliphatic rings. The van der Waals surface area contributed by atoms with Crippen LogP contribution in [0.25, 0.3) is 6.08 Å². The maximum atomic E-state index is 13.6. The Hall–Kier alpha value is -1.84. The topological polar surface area (TPSA) is 40.5 Å². The van der Waals surface area contributed by atoms with Gasteiger partial charge in [-0.2, -0.15) is 0 Å². The second-order valence-electron chi connectivity index (χ2n) is 5.48. The van der Waals surface area contributed by atoms with E-state index in [4.69, 9.17) is 5.11 Å². The van der Waals surface area contributed by atoms with Gasteiger partial charge in [-0.05, 0) is 56.5 Å². The zero-order valence-electron chi connectivity index (χ0n) is 11.2. The first-order chi connectivity index (χ1) is 8.88. The third-order valence-corrected chi connectivity index (χ3v) is 3.54. The molecule has 2 rings (SSSR count). The molecule has 0 amide bonds. The fourth-order valence-electron chi connectivity index (χ4n) is 2.60. The molecule has 0 spiro atoms. The fraction of sp³-hybridized carbons (Fsp3) is 0.400. The number of carboxylic acid groups (broad SMARTS) is 1. The van der Waals surface area contributed by atoms with Gasteiger partial charge in [-0.3, -0.25) is 0 Å². The zero-order valence-corrected chi connectivity index (χ0v) is 11.2. The molecule has 0 aromatic heterocycles. The first-order valence-electron chi connectivity index (χ1n) is 6.38. The van der Waals surface area contributed by atoms with Gasteiger partial charge < -0.3 is 10.0 Å². The molecule has 19 heavy (non-hydrogen) atoms. The molecular weight excluding hydrogens is 245 g/mol. The van der Waals surface area contributed by atoms with E-state index in [1.54, 1.807) is 0 Å². The molecule has 1 aliphatic heterocycles. The van der Waals surface area contributed by atoms with E-state index in [1.807, 2.05) is 6.07 Å². The van der Waals surface area contributed by atoms with Crippen molar-refractivity contribution in [2.45, 2.75) is 32.2 Å². The summed E-state index contributed by atoms with van der Waals surface area (Å²) in [6.45, 7) is 5.17. The van der Waals surface area contributed by atoms with Crippen molar-refractivity contribution in [3.63, 3.8) is 0 Å². The lowest BCUT2D eigenvalue weighted by Crippen LogP contribution is -2.38. The predicted octanol–water partition coefficient (Wildman–Crippen LogP) is 3.30. The molecule has 1 N–H and O–H groups in total. The maximum absolute atomic E-state index is 13.6. The van der Waals surface area contributed by atoms with Gasteiger partial charge in [0.2, 0.25) is 0 Å². The Bertz CT molecular complexity index is 523. The Kier molecular flexibility index (Phi) is 3.60. The van der Waals surface area contributed by atoms with Gasteiger partial charge in [-0.25, -0.2) is 9.18 Å². The first kappa shape index (κ1) is 13.6. The molecule has 3 nitrogen and oxygen atoms in total.